The van der Waals surface area contributed by atoms with E-state index < -0.39 is 30.4 Å². The lowest BCUT2D eigenvalue weighted by atomic mass is 10.1. The molecule has 1 fully saturated rings. The number of carbonyl (C=O) groups is 1. The van der Waals surface area contributed by atoms with Crippen LogP contribution < -0.4 is 30.9 Å². The molecule has 14 heteroatoms. The molecule has 3 aromatic rings. The van der Waals surface area contributed by atoms with Gasteiger partial charge in [0.1, 0.15) is 23.9 Å². The first-order chi connectivity index (χ1) is 17.8. The molecule has 0 spiro atoms. The number of ether oxygens (including phenoxy) is 2. The number of nitrogens with zero attached hydrogens (tertiary/aromatic N) is 5. The Kier molecular flexibility index (Phi) is 6.77. The maximum Gasteiger partial charge on any atom is 0.316 e. The lowest BCUT2D eigenvalue weighted by Crippen LogP contribution is -2.49. The molecule has 1 aromatic carbocycles. The van der Waals surface area contributed by atoms with Gasteiger partial charge in [0.15, 0.2) is 24.0 Å². The molecule has 2 aliphatic heterocycles. The Morgan fingerprint density at radius 1 is 1.35 bits per heavy atom. The SMILES string of the molecule is CNC(=O)C1OC(N2CN(C)c3c(NCc4cc(Cl)ccc4Oc4cc(C)no4)ncnc32)C(O)C1N. The summed E-state index contributed by atoms with van der Waals surface area (Å²) in [6.07, 6.45) is -1.52. The van der Waals surface area contributed by atoms with Gasteiger partial charge < -0.3 is 45.3 Å². The largest absolute Gasteiger partial charge is 0.424 e. The van der Waals surface area contributed by atoms with Crippen molar-refractivity contribution in [3.05, 3.63) is 46.9 Å². The van der Waals surface area contributed by atoms with E-state index in [0.717, 1.165) is 5.56 Å². The number of aliphatic hydroxyl groups is 1. The van der Waals surface area contributed by atoms with E-state index in [0.29, 0.717) is 47.0 Å². The minimum absolute atomic E-state index is 0.266. The number of aryl methyl sites for hydroxylation is 1. The monoisotopic (exact) mass is 530 g/mol. The fraction of sp³-hybridized carbons (Fsp3) is 0.391. The smallest absolute Gasteiger partial charge is 0.316 e. The van der Waals surface area contributed by atoms with Crippen LogP contribution in [0.3, 0.4) is 0 Å². The molecule has 2 aliphatic rings. The van der Waals surface area contributed by atoms with Crippen LogP contribution in [0.25, 0.3) is 0 Å². The number of fused-ring (bicyclic) bond motifs is 1. The number of nitrogens with two attached hydrogens (primary N) is 1. The number of amides is 1. The summed E-state index contributed by atoms with van der Waals surface area (Å²) >= 11 is 6.25. The fourth-order valence-electron chi connectivity index (χ4n) is 4.42. The molecule has 2 aromatic heterocycles. The molecule has 4 atom stereocenters. The topological polar surface area (TPSA) is 164 Å². The third-order valence-corrected chi connectivity index (χ3v) is 6.48. The molecule has 4 unspecified atom stereocenters. The van der Waals surface area contributed by atoms with Crippen LogP contribution in [0.5, 0.6) is 11.7 Å². The number of aliphatic hydroxyl groups excluding tert-OH is 1. The molecule has 1 amide bonds. The molecule has 0 bridgehead atoms. The summed E-state index contributed by atoms with van der Waals surface area (Å²) in [6.45, 7) is 2.47. The highest BCUT2D eigenvalue weighted by Crippen LogP contribution is 2.41. The van der Waals surface area contributed by atoms with E-state index in [4.69, 9.17) is 31.3 Å². The third kappa shape index (κ3) is 4.73. The molecule has 5 N–H and O–H groups in total. The van der Waals surface area contributed by atoms with Crippen molar-refractivity contribution in [3.63, 3.8) is 0 Å². The Hall–Kier alpha value is -3.65. The summed E-state index contributed by atoms with van der Waals surface area (Å²) < 4.78 is 16.9. The summed E-state index contributed by atoms with van der Waals surface area (Å²) in [6, 6.07) is 6.07. The normalized spacial score (nSPS) is 22.8. The van der Waals surface area contributed by atoms with Crippen molar-refractivity contribution in [1.82, 2.24) is 20.4 Å². The Morgan fingerprint density at radius 2 is 2.16 bits per heavy atom. The summed E-state index contributed by atoms with van der Waals surface area (Å²) in [7, 11) is 3.36. The van der Waals surface area contributed by atoms with E-state index in [1.807, 2.05) is 11.9 Å². The standard InChI is InChI=1S/C23H27ClN8O5/c1-11-6-15(37-30-11)35-14-5-4-13(24)7-12(14)8-27-20-17-21(29-9-28-20)32(10-31(17)3)23-18(33)16(25)19(36-23)22(34)26-2/h4-7,9,16,18-19,23,33H,8,10,25H2,1-3H3,(H,26,34)(H,27,28,29). The van der Waals surface area contributed by atoms with Gasteiger partial charge in [-0.05, 0) is 25.1 Å². The number of carbonyl (C=O) groups excluding carboxylic acids is 1. The number of nitrogens with one attached hydrogen (secondary N) is 2. The highest BCUT2D eigenvalue weighted by molar-refractivity contribution is 6.30. The van der Waals surface area contributed by atoms with Crippen LogP contribution in [0.2, 0.25) is 5.02 Å². The number of hydrogen-bond donors (Lipinski definition) is 4. The van der Waals surface area contributed by atoms with Crippen molar-refractivity contribution in [3.8, 4) is 11.7 Å². The lowest BCUT2D eigenvalue weighted by Gasteiger charge is -2.27. The maximum atomic E-state index is 12.2. The summed E-state index contributed by atoms with van der Waals surface area (Å²) in [5.41, 5.74) is 8.25. The predicted molar refractivity (Wildman–Crippen MR) is 135 cm³/mol. The number of aromatic nitrogens is 3. The zero-order chi connectivity index (χ0) is 26.3. The van der Waals surface area contributed by atoms with E-state index >= 15 is 0 Å². The highest BCUT2D eigenvalue weighted by Gasteiger charge is 2.49. The van der Waals surface area contributed by atoms with Gasteiger partial charge in [0.2, 0.25) is 0 Å². The van der Waals surface area contributed by atoms with Crippen molar-refractivity contribution in [2.45, 2.75) is 37.9 Å². The van der Waals surface area contributed by atoms with E-state index in [9.17, 15) is 9.90 Å². The lowest BCUT2D eigenvalue weighted by molar-refractivity contribution is -0.132. The van der Waals surface area contributed by atoms with Crippen molar-refractivity contribution in [1.29, 1.82) is 0 Å². The third-order valence-electron chi connectivity index (χ3n) is 6.24. The van der Waals surface area contributed by atoms with Gasteiger partial charge in [0.25, 0.3) is 5.91 Å². The summed E-state index contributed by atoms with van der Waals surface area (Å²) in [5, 5.41) is 21.0. The maximum absolute atomic E-state index is 12.2. The first-order valence-corrected chi connectivity index (χ1v) is 11.9. The van der Waals surface area contributed by atoms with Crippen LogP contribution in [-0.2, 0) is 16.1 Å². The fourth-order valence-corrected chi connectivity index (χ4v) is 4.61. The van der Waals surface area contributed by atoms with Crippen LogP contribution in [0, 0.1) is 6.92 Å². The van der Waals surface area contributed by atoms with Gasteiger partial charge in [-0.2, -0.15) is 0 Å². The number of likely N-dealkylation sites (N-methyl/N-ethyl adjacent to an activating group) is 1. The Labute approximate surface area is 217 Å². The van der Waals surface area contributed by atoms with Gasteiger partial charge >= 0.3 is 5.95 Å². The van der Waals surface area contributed by atoms with Gasteiger partial charge in [-0.15, -0.1) is 0 Å². The molecule has 5 rings (SSSR count). The molecular weight excluding hydrogens is 504 g/mol. The highest BCUT2D eigenvalue weighted by atomic mass is 35.5. The van der Waals surface area contributed by atoms with Crippen LogP contribution >= 0.6 is 11.6 Å². The Balaban J connectivity index is 1.37. The number of anilines is 3. The molecule has 0 saturated carbocycles. The molecule has 4 heterocycles. The molecular formula is C23H27ClN8O5. The van der Waals surface area contributed by atoms with Crippen molar-refractivity contribution >= 4 is 34.8 Å². The number of hydrogen-bond acceptors (Lipinski definition) is 12. The van der Waals surface area contributed by atoms with Crippen LogP contribution in [0.1, 0.15) is 11.3 Å². The molecule has 0 aliphatic carbocycles. The van der Waals surface area contributed by atoms with Gasteiger partial charge in [-0.3, -0.25) is 4.79 Å². The average Bonchev–Trinajstić information content (AvgIpc) is 3.54. The van der Waals surface area contributed by atoms with Crippen molar-refractivity contribution in [2.24, 2.45) is 5.73 Å². The molecule has 0 radical (unpaired) electrons. The summed E-state index contributed by atoms with van der Waals surface area (Å²) in [4.78, 5) is 24.7. The van der Waals surface area contributed by atoms with Gasteiger partial charge in [0.05, 0.1) is 18.4 Å². The average molecular weight is 531 g/mol. The van der Waals surface area contributed by atoms with Gasteiger partial charge in [0, 0.05) is 37.3 Å². The summed E-state index contributed by atoms with van der Waals surface area (Å²) in [5.74, 6) is 1.50. The van der Waals surface area contributed by atoms with E-state index in [-0.39, 0.29) is 5.95 Å². The van der Waals surface area contributed by atoms with Crippen LogP contribution in [0.15, 0.2) is 35.1 Å². The zero-order valence-corrected chi connectivity index (χ0v) is 21.1. The molecule has 13 nitrogen and oxygen atoms in total. The second-order valence-electron chi connectivity index (χ2n) is 8.83. The van der Waals surface area contributed by atoms with Crippen molar-refractivity contribution < 1.29 is 23.9 Å². The minimum atomic E-state index is -1.10. The molecule has 37 heavy (non-hydrogen) atoms. The van der Waals surface area contributed by atoms with Gasteiger partial charge in [-0.1, -0.05) is 16.8 Å². The number of benzene rings is 1. The van der Waals surface area contributed by atoms with Crippen molar-refractivity contribution in [2.75, 3.05) is 35.9 Å². The Morgan fingerprint density at radius 3 is 2.89 bits per heavy atom. The zero-order valence-electron chi connectivity index (χ0n) is 20.4. The van der Waals surface area contributed by atoms with E-state index in [2.05, 4.69) is 25.8 Å². The quantitative estimate of drug-likeness (QED) is 0.345. The van der Waals surface area contributed by atoms with Gasteiger partial charge in [-0.25, -0.2) is 9.97 Å². The predicted octanol–water partition coefficient (Wildman–Crippen LogP) is 1.20. The van der Waals surface area contributed by atoms with Crippen LogP contribution in [0.4, 0.5) is 17.3 Å². The molecule has 1 saturated heterocycles. The van der Waals surface area contributed by atoms with Crippen LogP contribution in [-0.4, -0.2) is 71.4 Å². The first kappa shape index (κ1) is 25.0. The number of halogens is 1. The number of rotatable bonds is 7. The molecule has 196 valence electrons. The minimum Gasteiger partial charge on any atom is -0.424 e. The Bertz CT molecular complexity index is 1310. The second kappa shape index (κ2) is 10.0. The first-order valence-electron chi connectivity index (χ1n) is 11.5. The van der Waals surface area contributed by atoms with E-state index in [1.165, 1.54) is 13.4 Å². The van der Waals surface area contributed by atoms with E-state index in [1.54, 1.807) is 36.1 Å². The second-order valence-corrected chi connectivity index (χ2v) is 9.26.